The molecule has 0 fully saturated rings. The second-order valence-corrected chi connectivity index (χ2v) is 11.5. The summed E-state index contributed by atoms with van der Waals surface area (Å²) < 4.78 is 0. The smallest absolute Gasteiger partial charge is 0.242 e. The Hall–Kier alpha value is -1.11. The molecule has 1 aromatic heterocycles. The first-order chi connectivity index (χ1) is 16.6. The number of nitrogens with one attached hydrogen (secondary N) is 1. The van der Waals surface area contributed by atoms with Gasteiger partial charge in [-0.1, -0.05) is 95.0 Å². The number of pyridine rings is 1. The first-order valence-electron chi connectivity index (χ1n) is 12.7. The Labute approximate surface area is 220 Å². The van der Waals surface area contributed by atoms with Crippen molar-refractivity contribution in [2.24, 2.45) is 0 Å². The van der Waals surface area contributed by atoms with E-state index in [0.29, 0.717) is 0 Å². The van der Waals surface area contributed by atoms with Crippen LogP contribution in [0.1, 0.15) is 87.6 Å². The number of thioether (sulfide) groups is 3. The van der Waals surface area contributed by atoms with Gasteiger partial charge in [-0.3, -0.25) is 4.79 Å². The van der Waals surface area contributed by atoms with E-state index in [1.54, 1.807) is 35.3 Å². The van der Waals surface area contributed by atoms with Crippen molar-refractivity contribution in [3.8, 4) is 0 Å². The lowest BCUT2D eigenvalue weighted by Gasteiger charge is -2.19. The molecule has 1 unspecified atom stereocenters. The molecule has 0 saturated carbocycles. The molecule has 1 atom stereocenters. The molecule has 1 N–H and O–H groups in total. The van der Waals surface area contributed by atoms with E-state index in [4.69, 9.17) is 0 Å². The minimum atomic E-state index is -0.217. The number of aryl methyl sites for hydroxylation is 1. The number of hydrogen-bond donors (Lipinski definition) is 1. The monoisotopic (exact) mass is 518 g/mol. The van der Waals surface area contributed by atoms with Crippen LogP contribution in [0, 0.1) is 6.92 Å². The molecule has 188 valence electrons. The molecule has 1 heterocycles. The summed E-state index contributed by atoms with van der Waals surface area (Å²) in [6.45, 7) is 4.27. The van der Waals surface area contributed by atoms with Gasteiger partial charge >= 0.3 is 0 Å². The fraction of sp³-hybridized carbons (Fsp3) is 0.571. The molecule has 0 bridgehead atoms. The fourth-order valence-corrected chi connectivity index (χ4v) is 6.44. The maximum Gasteiger partial charge on any atom is 0.242 e. The number of benzene rings is 1. The van der Waals surface area contributed by atoms with Crippen molar-refractivity contribution < 1.29 is 4.79 Å². The zero-order valence-electron chi connectivity index (χ0n) is 21.4. The Bertz CT molecular complexity index is 820. The van der Waals surface area contributed by atoms with E-state index in [0.717, 1.165) is 39.0 Å². The van der Waals surface area contributed by atoms with Crippen LogP contribution in [0.2, 0.25) is 0 Å². The molecule has 0 saturated heterocycles. The van der Waals surface area contributed by atoms with Gasteiger partial charge in [0.1, 0.15) is 10.3 Å². The topological polar surface area (TPSA) is 42.0 Å². The molecule has 2 rings (SSSR count). The van der Waals surface area contributed by atoms with Gasteiger partial charge in [0, 0.05) is 10.6 Å². The van der Waals surface area contributed by atoms with E-state index in [1.807, 2.05) is 37.6 Å². The van der Waals surface area contributed by atoms with Crippen LogP contribution in [0.3, 0.4) is 0 Å². The van der Waals surface area contributed by atoms with Gasteiger partial charge in [-0.05, 0) is 43.2 Å². The Morgan fingerprint density at radius 1 is 0.912 bits per heavy atom. The highest BCUT2D eigenvalue weighted by atomic mass is 32.2. The standard InChI is InChI=1S/C28H42N2OS3/c1-5-6-7-8-9-10-11-12-13-17-20-34-26(23-18-15-14-16-19-23)27(31)30-25-24(32-3)21-22(2)29-28(25)33-4/h14-16,18-19,21,26H,5-13,17,20H2,1-4H3,(H,30,31). The van der Waals surface area contributed by atoms with Crippen molar-refractivity contribution in [2.75, 3.05) is 23.6 Å². The highest BCUT2D eigenvalue weighted by Gasteiger charge is 2.23. The normalized spacial score (nSPS) is 12.0. The largest absolute Gasteiger partial charge is 0.322 e. The third-order valence-corrected chi connectivity index (χ3v) is 8.65. The van der Waals surface area contributed by atoms with E-state index in [2.05, 4.69) is 35.4 Å². The van der Waals surface area contributed by atoms with E-state index >= 15 is 0 Å². The lowest BCUT2D eigenvalue weighted by atomic mass is 10.1. The van der Waals surface area contributed by atoms with E-state index in [9.17, 15) is 4.79 Å². The van der Waals surface area contributed by atoms with Crippen molar-refractivity contribution >= 4 is 46.9 Å². The van der Waals surface area contributed by atoms with Crippen molar-refractivity contribution in [1.82, 2.24) is 4.98 Å². The summed E-state index contributed by atoms with van der Waals surface area (Å²) in [4.78, 5) is 19.2. The third-order valence-electron chi connectivity index (χ3n) is 5.86. The summed E-state index contributed by atoms with van der Waals surface area (Å²) in [5.41, 5.74) is 2.88. The van der Waals surface area contributed by atoms with Crippen LogP contribution >= 0.6 is 35.3 Å². The van der Waals surface area contributed by atoms with Gasteiger partial charge < -0.3 is 5.32 Å². The Morgan fingerprint density at radius 3 is 2.12 bits per heavy atom. The first-order valence-corrected chi connectivity index (χ1v) is 16.2. The predicted octanol–water partition coefficient (Wildman–Crippen LogP) is 9.17. The van der Waals surface area contributed by atoms with Crippen molar-refractivity contribution in [3.63, 3.8) is 0 Å². The second kappa shape index (κ2) is 17.3. The number of aromatic nitrogens is 1. The quantitative estimate of drug-likeness (QED) is 0.167. The average molecular weight is 519 g/mol. The molecule has 3 nitrogen and oxygen atoms in total. The Kier molecular flexibility index (Phi) is 14.9. The molecule has 1 aromatic carbocycles. The molecule has 0 radical (unpaired) electrons. The number of hydrogen-bond acceptors (Lipinski definition) is 5. The molecule has 1 amide bonds. The lowest BCUT2D eigenvalue weighted by molar-refractivity contribution is -0.115. The molecule has 2 aromatic rings. The van der Waals surface area contributed by atoms with Gasteiger partial charge in [0.2, 0.25) is 5.91 Å². The second-order valence-electron chi connectivity index (χ2n) is 8.68. The summed E-state index contributed by atoms with van der Waals surface area (Å²) >= 11 is 4.99. The van der Waals surface area contributed by atoms with Crippen LogP contribution in [0.5, 0.6) is 0 Å². The molecule has 0 aliphatic heterocycles. The first kappa shape index (κ1) is 29.1. The van der Waals surface area contributed by atoms with Gasteiger partial charge in [0.05, 0.1) is 5.69 Å². The average Bonchev–Trinajstić information content (AvgIpc) is 2.85. The van der Waals surface area contributed by atoms with Crippen LogP contribution in [0.4, 0.5) is 5.69 Å². The van der Waals surface area contributed by atoms with Crippen molar-refractivity contribution in [3.05, 3.63) is 47.7 Å². The number of amides is 1. The molecule has 34 heavy (non-hydrogen) atoms. The highest BCUT2D eigenvalue weighted by Crippen LogP contribution is 2.36. The fourth-order valence-electron chi connectivity index (χ4n) is 3.97. The number of rotatable bonds is 17. The van der Waals surface area contributed by atoms with Gasteiger partial charge in [-0.15, -0.1) is 35.3 Å². The van der Waals surface area contributed by atoms with Crippen LogP contribution in [0.15, 0.2) is 46.3 Å². The molecule has 0 aliphatic rings. The van der Waals surface area contributed by atoms with Crippen LogP contribution in [-0.2, 0) is 4.79 Å². The van der Waals surface area contributed by atoms with E-state index in [1.165, 1.54) is 57.8 Å². The predicted molar refractivity (Wildman–Crippen MR) is 155 cm³/mol. The number of anilines is 1. The molecule has 0 aliphatic carbocycles. The highest BCUT2D eigenvalue weighted by molar-refractivity contribution is 8.00. The summed E-state index contributed by atoms with van der Waals surface area (Å²) in [5, 5.41) is 3.89. The zero-order valence-corrected chi connectivity index (χ0v) is 23.8. The number of carbonyl (C=O) groups is 1. The molecular weight excluding hydrogens is 477 g/mol. The molecule has 0 spiro atoms. The number of nitrogens with zero attached hydrogens (tertiary/aromatic N) is 1. The number of carbonyl (C=O) groups excluding carboxylic acids is 1. The zero-order chi connectivity index (χ0) is 24.6. The Balaban J connectivity index is 1.90. The van der Waals surface area contributed by atoms with Gasteiger partial charge in [-0.2, -0.15) is 0 Å². The number of unbranched alkanes of at least 4 members (excludes halogenated alkanes) is 9. The SMILES string of the molecule is CCCCCCCCCCCCSC(C(=O)Nc1c(SC)cc(C)nc1SC)c1ccccc1. The lowest BCUT2D eigenvalue weighted by Crippen LogP contribution is -2.20. The van der Waals surface area contributed by atoms with Gasteiger partial charge in [0.15, 0.2) is 0 Å². The summed E-state index contributed by atoms with van der Waals surface area (Å²) in [7, 11) is 0. The minimum Gasteiger partial charge on any atom is -0.322 e. The van der Waals surface area contributed by atoms with Gasteiger partial charge in [-0.25, -0.2) is 4.98 Å². The maximum atomic E-state index is 13.5. The van der Waals surface area contributed by atoms with Gasteiger partial charge in [0.25, 0.3) is 0 Å². The van der Waals surface area contributed by atoms with Crippen LogP contribution in [-0.4, -0.2) is 29.2 Å². The van der Waals surface area contributed by atoms with Crippen LogP contribution < -0.4 is 5.32 Å². The van der Waals surface area contributed by atoms with E-state index < -0.39 is 0 Å². The summed E-state index contributed by atoms with van der Waals surface area (Å²) in [5.74, 6) is 1.04. The summed E-state index contributed by atoms with van der Waals surface area (Å²) in [6, 6.07) is 12.2. The van der Waals surface area contributed by atoms with Crippen molar-refractivity contribution in [2.45, 2.75) is 93.2 Å². The molecule has 6 heteroatoms. The third kappa shape index (κ3) is 10.2. The summed E-state index contributed by atoms with van der Waals surface area (Å²) in [6.07, 6.45) is 17.4. The van der Waals surface area contributed by atoms with E-state index in [-0.39, 0.29) is 11.2 Å². The minimum absolute atomic E-state index is 0.0412. The molecular formula is C28H42N2OS3. The maximum absolute atomic E-state index is 13.5. The van der Waals surface area contributed by atoms with Crippen molar-refractivity contribution in [1.29, 1.82) is 0 Å². The Morgan fingerprint density at radius 2 is 1.53 bits per heavy atom. The van der Waals surface area contributed by atoms with Crippen LogP contribution in [0.25, 0.3) is 0 Å².